The van der Waals surface area contributed by atoms with Crippen LogP contribution in [0.2, 0.25) is 0 Å². The molecule has 1 aliphatic carbocycles. The molecule has 1 aromatic heterocycles. The minimum absolute atomic E-state index is 0.00986. The van der Waals surface area contributed by atoms with Gasteiger partial charge in [-0.2, -0.15) is 0 Å². The van der Waals surface area contributed by atoms with Crippen molar-refractivity contribution in [3.05, 3.63) is 21.4 Å². The fraction of sp³-hybridized carbons (Fsp3) is 0.571. The van der Waals surface area contributed by atoms with Gasteiger partial charge >= 0.3 is 5.97 Å². The number of amides is 1. The highest BCUT2D eigenvalue weighted by Gasteiger charge is 2.39. The first-order valence-corrected chi connectivity index (χ1v) is 7.55. The number of nitrogens with zero attached hydrogens (tertiary/aromatic N) is 1. The molecule has 3 rings (SSSR count). The van der Waals surface area contributed by atoms with Gasteiger partial charge < -0.3 is 10.0 Å². The molecule has 0 radical (unpaired) electrons. The van der Waals surface area contributed by atoms with E-state index in [1.54, 1.807) is 16.2 Å². The van der Waals surface area contributed by atoms with Crippen LogP contribution in [0.15, 0.2) is 6.07 Å². The molecule has 1 fully saturated rings. The summed E-state index contributed by atoms with van der Waals surface area (Å²) in [7, 11) is 0. The number of aliphatic carboxylic acids is 1. The van der Waals surface area contributed by atoms with Crippen molar-refractivity contribution in [3.8, 4) is 0 Å². The van der Waals surface area contributed by atoms with E-state index in [0.29, 0.717) is 13.0 Å². The van der Waals surface area contributed by atoms with Gasteiger partial charge in [-0.25, -0.2) is 0 Å². The first-order valence-electron chi connectivity index (χ1n) is 6.73. The van der Waals surface area contributed by atoms with E-state index in [1.165, 1.54) is 16.9 Å². The molecular formula is C14H17NO3S. The number of carboxylic acid groups (broad SMARTS) is 1. The quantitative estimate of drug-likeness (QED) is 0.902. The summed E-state index contributed by atoms with van der Waals surface area (Å²) >= 11 is 1.59. The zero-order valence-electron chi connectivity index (χ0n) is 10.9. The number of hydrogen-bond acceptors (Lipinski definition) is 3. The van der Waals surface area contributed by atoms with Gasteiger partial charge in [-0.15, -0.1) is 11.3 Å². The van der Waals surface area contributed by atoms with Crippen LogP contribution in [0.25, 0.3) is 0 Å². The Labute approximate surface area is 116 Å². The van der Waals surface area contributed by atoms with Gasteiger partial charge in [-0.1, -0.05) is 0 Å². The summed E-state index contributed by atoms with van der Waals surface area (Å²) in [6.07, 6.45) is 3.91. The van der Waals surface area contributed by atoms with Crippen molar-refractivity contribution in [2.45, 2.75) is 38.6 Å². The number of thiophene rings is 1. The van der Waals surface area contributed by atoms with Crippen LogP contribution in [0, 0.1) is 5.92 Å². The SMILES string of the molecule is CC1C(C(=O)O)CCN1C(=O)c1cc2c(s1)CCC2. The predicted octanol–water partition coefficient (Wildman–Crippen LogP) is 2.17. The number of carbonyl (C=O) groups is 2. The maximum absolute atomic E-state index is 12.5. The molecule has 1 amide bonds. The van der Waals surface area contributed by atoms with Crippen molar-refractivity contribution in [3.63, 3.8) is 0 Å². The van der Waals surface area contributed by atoms with E-state index in [4.69, 9.17) is 5.11 Å². The summed E-state index contributed by atoms with van der Waals surface area (Å²) in [6, 6.07) is 1.80. The van der Waals surface area contributed by atoms with E-state index in [-0.39, 0.29) is 11.9 Å². The molecule has 0 saturated carbocycles. The second kappa shape index (κ2) is 4.63. The molecule has 4 nitrogen and oxygen atoms in total. The highest BCUT2D eigenvalue weighted by atomic mass is 32.1. The lowest BCUT2D eigenvalue weighted by molar-refractivity contribution is -0.142. The van der Waals surface area contributed by atoms with Gasteiger partial charge in [0.25, 0.3) is 5.91 Å². The van der Waals surface area contributed by atoms with E-state index in [2.05, 4.69) is 0 Å². The van der Waals surface area contributed by atoms with Gasteiger partial charge in [-0.05, 0) is 44.2 Å². The average molecular weight is 279 g/mol. The Hall–Kier alpha value is -1.36. The number of fused-ring (bicyclic) bond motifs is 1. The second-order valence-electron chi connectivity index (χ2n) is 5.39. The highest BCUT2D eigenvalue weighted by Crippen LogP contribution is 2.33. The first-order chi connectivity index (χ1) is 9.08. The molecule has 2 heterocycles. The monoisotopic (exact) mass is 279 g/mol. The molecule has 5 heteroatoms. The zero-order chi connectivity index (χ0) is 13.6. The Bertz CT molecular complexity index is 515. The third-order valence-corrected chi connectivity index (χ3v) is 5.52. The van der Waals surface area contributed by atoms with Crippen molar-refractivity contribution in [1.82, 2.24) is 4.90 Å². The van der Waals surface area contributed by atoms with Gasteiger partial charge in [0.2, 0.25) is 0 Å². The normalized spacial score (nSPS) is 25.6. The van der Waals surface area contributed by atoms with Gasteiger partial charge in [0.1, 0.15) is 0 Å². The van der Waals surface area contributed by atoms with E-state index >= 15 is 0 Å². The number of carbonyl (C=O) groups excluding carboxylic acids is 1. The van der Waals surface area contributed by atoms with Gasteiger partial charge in [-0.3, -0.25) is 9.59 Å². The standard InChI is InChI=1S/C14H17NO3S/c1-8-10(14(17)18)5-6-15(8)13(16)12-7-9-3-2-4-11(9)19-12/h7-8,10H,2-6H2,1H3,(H,17,18). The molecule has 1 N–H and O–H groups in total. The van der Waals surface area contributed by atoms with Crippen molar-refractivity contribution in [1.29, 1.82) is 0 Å². The van der Waals surface area contributed by atoms with Crippen LogP contribution in [0.5, 0.6) is 0 Å². The van der Waals surface area contributed by atoms with Crippen LogP contribution < -0.4 is 0 Å². The molecule has 2 aliphatic rings. The van der Waals surface area contributed by atoms with E-state index in [0.717, 1.165) is 17.7 Å². The van der Waals surface area contributed by atoms with E-state index in [9.17, 15) is 9.59 Å². The lowest BCUT2D eigenvalue weighted by Crippen LogP contribution is -2.37. The van der Waals surface area contributed by atoms with Crippen molar-refractivity contribution < 1.29 is 14.7 Å². The third-order valence-electron chi connectivity index (χ3n) is 4.29. The van der Waals surface area contributed by atoms with Crippen molar-refractivity contribution in [2.24, 2.45) is 5.92 Å². The molecule has 0 bridgehead atoms. The summed E-state index contributed by atoms with van der Waals surface area (Å²) < 4.78 is 0. The van der Waals surface area contributed by atoms with Crippen LogP contribution in [0.3, 0.4) is 0 Å². The molecule has 19 heavy (non-hydrogen) atoms. The van der Waals surface area contributed by atoms with Crippen molar-refractivity contribution in [2.75, 3.05) is 6.54 Å². The molecule has 2 atom stereocenters. The maximum atomic E-state index is 12.5. The molecule has 1 aliphatic heterocycles. The number of rotatable bonds is 2. The lowest BCUT2D eigenvalue weighted by atomic mass is 10.0. The Morgan fingerprint density at radius 3 is 2.84 bits per heavy atom. The van der Waals surface area contributed by atoms with Gasteiger partial charge in [0, 0.05) is 17.5 Å². The zero-order valence-corrected chi connectivity index (χ0v) is 11.7. The van der Waals surface area contributed by atoms with Crippen LogP contribution in [0.4, 0.5) is 0 Å². The Morgan fingerprint density at radius 1 is 1.42 bits per heavy atom. The molecule has 2 unspecified atom stereocenters. The summed E-state index contributed by atoms with van der Waals surface area (Å²) in [5.41, 5.74) is 1.31. The summed E-state index contributed by atoms with van der Waals surface area (Å²) in [5.74, 6) is -1.21. The molecule has 0 spiro atoms. The summed E-state index contributed by atoms with van der Waals surface area (Å²) in [5, 5.41) is 9.11. The molecule has 0 aromatic carbocycles. The van der Waals surface area contributed by atoms with Crippen molar-refractivity contribution >= 4 is 23.2 Å². The third kappa shape index (κ3) is 2.06. The predicted molar refractivity (Wildman–Crippen MR) is 72.6 cm³/mol. The Kier molecular flexibility index (Phi) is 3.09. The fourth-order valence-electron chi connectivity index (χ4n) is 3.13. The first kappa shape index (κ1) is 12.7. The number of likely N-dealkylation sites (tertiary alicyclic amines) is 1. The highest BCUT2D eigenvalue weighted by molar-refractivity contribution is 7.14. The smallest absolute Gasteiger partial charge is 0.308 e. The van der Waals surface area contributed by atoms with Gasteiger partial charge in [0.05, 0.1) is 10.8 Å². The summed E-state index contributed by atoms with van der Waals surface area (Å²) in [4.78, 5) is 27.4. The Balaban J connectivity index is 1.79. The minimum atomic E-state index is -0.795. The Morgan fingerprint density at radius 2 is 2.21 bits per heavy atom. The largest absolute Gasteiger partial charge is 0.481 e. The average Bonchev–Trinajstić information content (AvgIpc) is 3.00. The topological polar surface area (TPSA) is 57.6 Å². The number of carboxylic acids is 1. The van der Waals surface area contributed by atoms with Crippen LogP contribution in [0.1, 0.15) is 39.9 Å². The second-order valence-corrected chi connectivity index (χ2v) is 6.52. The van der Waals surface area contributed by atoms with Crippen LogP contribution >= 0.6 is 11.3 Å². The van der Waals surface area contributed by atoms with E-state index < -0.39 is 11.9 Å². The summed E-state index contributed by atoms with van der Waals surface area (Å²) in [6.45, 7) is 2.39. The maximum Gasteiger partial charge on any atom is 0.308 e. The molecule has 1 saturated heterocycles. The fourth-order valence-corrected chi connectivity index (χ4v) is 4.34. The number of aryl methyl sites for hydroxylation is 2. The molecule has 1 aromatic rings. The molecular weight excluding hydrogens is 262 g/mol. The number of hydrogen-bond donors (Lipinski definition) is 1. The lowest BCUT2D eigenvalue weighted by Gasteiger charge is -2.22. The van der Waals surface area contributed by atoms with E-state index in [1.807, 2.05) is 13.0 Å². The molecule has 102 valence electrons. The van der Waals surface area contributed by atoms with Gasteiger partial charge in [0.15, 0.2) is 0 Å². The van der Waals surface area contributed by atoms with Crippen LogP contribution in [-0.2, 0) is 17.6 Å². The minimum Gasteiger partial charge on any atom is -0.481 e. The van der Waals surface area contributed by atoms with Crippen LogP contribution in [-0.4, -0.2) is 34.5 Å².